The van der Waals surface area contributed by atoms with Gasteiger partial charge in [-0.25, -0.2) is 0 Å². The maximum absolute atomic E-state index is 12.4. The first-order valence-electron chi connectivity index (χ1n) is 8.44. The molecule has 0 aromatic heterocycles. The number of hydrogen-bond acceptors (Lipinski definition) is 3. The minimum absolute atomic E-state index is 0.0839. The van der Waals surface area contributed by atoms with Gasteiger partial charge in [-0.15, -0.1) is 0 Å². The van der Waals surface area contributed by atoms with Crippen LogP contribution in [0, 0.1) is 5.92 Å². The van der Waals surface area contributed by atoms with Crippen molar-refractivity contribution >= 4 is 11.8 Å². The Kier molecular flexibility index (Phi) is 6.03. The molecule has 0 aromatic carbocycles. The molecule has 2 aliphatic heterocycles. The molecule has 2 saturated heterocycles. The van der Waals surface area contributed by atoms with Crippen LogP contribution in [0.2, 0.25) is 0 Å². The Labute approximate surface area is 128 Å². The topological polar surface area (TPSA) is 52.7 Å². The summed E-state index contributed by atoms with van der Waals surface area (Å²) in [6.07, 6.45) is 5.05. The highest BCUT2D eigenvalue weighted by Crippen LogP contribution is 2.23. The molecule has 0 bridgehead atoms. The molecule has 5 nitrogen and oxygen atoms in total. The van der Waals surface area contributed by atoms with Gasteiger partial charge in [-0.1, -0.05) is 6.92 Å². The Balaban J connectivity index is 1.77. The zero-order chi connectivity index (χ0) is 15.2. The van der Waals surface area contributed by atoms with Crippen molar-refractivity contribution in [3.8, 4) is 0 Å². The van der Waals surface area contributed by atoms with E-state index >= 15 is 0 Å². The third-order valence-electron chi connectivity index (χ3n) is 4.77. The molecular formula is C16H29N3O2. The fourth-order valence-corrected chi connectivity index (χ4v) is 3.29. The molecule has 0 aliphatic carbocycles. The number of hydrogen-bond donors (Lipinski definition) is 1. The highest BCUT2D eigenvalue weighted by Gasteiger charge is 2.32. The second-order valence-electron chi connectivity index (χ2n) is 6.31. The van der Waals surface area contributed by atoms with Crippen molar-refractivity contribution in [3.63, 3.8) is 0 Å². The monoisotopic (exact) mass is 295 g/mol. The van der Waals surface area contributed by atoms with Gasteiger partial charge in [0.05, 0.1) is 6.04 Å². The van der Waals surface area contributed by atoms with Crippen LogP contribution in [0.5, 0.6) is 0 Å². The highest BCUT2D eigenvalue weighted by molar-refractivity contribution is 5.81. The molecule has 1 N–H and O–H groups in total. The maximum atomic E-state index is 12.4. The number of carbonyl (C=O) groups is 2. The van der Waals surface area contributed by atoms with Gasteiger partial charge in [-0.2, -0.15) is 0 Å². The van der Waals surface area contributed by atoms with Gasteiger partial charge in [-0.3, -0.25) is 14.5 Å². The van der Waals surface area contributed by atoms with Crippen LogP contribution in [0.4, 0.5) is 0 Å². The van der Waals surface area contributed by atoms with E-state index in [4.69, 9.17) is 0 Å². The van der Waals surface area contributed by atoms with Gasteiger partial charge in [-0.05, 0) is 52.1 Å². The summed E-state index contributed by atoms with van der Waals surface area (Å²) < 4.78 is 0. The van der Waals surface area contributed by atoms with E-state index in [1.807, 2.05) is 11.8 Å². The zero-order valence-electron chi connectivity index (χ0n) is 13.4. The summed E-state index contributed by atoms with van der Waals surface area (Å²) in [7, 11) is 0. The van der Waals surface area contributed by atoms with Crippen molar-refractivity contribution in [2.75, 3.05) is 32.7 Å². The van der Waals surface area contributed by atoms with Gasteiger partial charge in [0.2, 0.25) is 11.8 Å². The van der Waals surface area contributed by atoms with Crippen LogP contribution in [0.1, 0.15) is 46.0 Å². The Morgan fingerprint density at radius 3 is 2.33 bits per heavy atom. The number of amides is 2. The summed E-state index contributed by atoms with van der Waals surface area (Å²) >= 11 is 0. The fraction of sp³-hybridized carbons (Fsp3) is 0.875. The smallest absolute Gasteiger partial charge is 0.237 e. The lowest BCUT2D eigenvalue weighted by Crippen LogP contribution is -2.50. The van der Waals surface area contributed by atoms with Crippen molar-refractivity contribution in [1.29, 1.82) is 0 Å². The molecule has 2 aliphatic rings. The quantitative estimate of drug-likeness (QED) is 0.830. The average molecular weight is 295 g/mol. The maximum Gasteiger partial charge on any atom is 0.237 e. The molecule has 2 heterocycles. The van der Waals surface area contributed by atoms with E-state index in [0.717, 1.165) is 64.8 Å². The SMILES string of the molecule is CCCNC(=O)C(C)N1CCC(C(=O)N2CCCC2)CC1. The van der Waals surface area contributed by atoms with Gasteiger partial charge in [0.15, 0.2) is 0 Å². The Bertz CT molecular complexity index is 359. The van der Waals surface area contributed by atoms with Gasteiger partial charge >= 0.3 is 0 Å². The number of carbonyl (C=O) groups excluding carboxylic acids is 2. The molecule has 1 atom stereocenters. The van der Waals surface area contributed by atoms with E-state index in [-0.39, 0.29) is 17.9 Å². The molecule has 0 saturated carbocycles. The van der Waals surface area contributed by atoms with Crippen molar-refractivity contribution < 1.29 is 9.59 Å². The van der Waals surface area contributed by atoms with Crippen LogP contribution in [-0.2, 0) is 9.59 Å². The summed E-state index contributed by atoms with van der Waals surface area (Å²) in [6, 6.07) is -0.0839. The summed E-state index contributed by atoms with van der Waals surface area (Å²) in [4.78, 5) is 28.6. The third-order valence-corrected chi connectivity index (χ3v) is 4.77. The van der Waals surface area contributed by atoms with E-state index < -0.39 is 0 Å². The largest absolute Gasteiger partial charge is 0.355 e. The molecule has 0 radical (unpaired) electrons. The molecule has 0 spiro atoms. The van der Waals surface area contributed by atoms with Crippen molar-refractivity contribution in [2.24, 2.45) is 5.92 Å². The normalized spacial score (nSPS) is 22.3. The van der Waals surface area contributed by atoms with Gasteiger partial charge in [0.25, 0.3) is 0 Å². The molecule has 120 valence electrons. The Morgan fingerprint density at radius 2 is 1.76 bits per heavy atom. The summed E-state index contributed by atoms with van der Waals surface area (Å²) in [5.74, 6) is 0.627. The van der Waals surface area contributed by atoms with E-state index in [1.165, 1.54) is 0 Å². The van der Waals surface area contributed by atoms with E-state index in [0.29, 0.717) is 5.91 Å². The van der Waals surface area contributed by atoms with Crippen LogP contribution >= 0.6 is 0 Å². The average Bonchev–Trinajstić information content (AvgIpc) is 3.05. The summed E-state index contributed by atoms with van der Waals surface area (Å²) in [5.41, 5.74) is 0. The molecule has 1 unspecified atom stereocenters. The molecular weight excluding hydrogens is 266 g/mol. The van der Waals surface area contributed by atoms with Crippen LogP contribution < -0.4 is 5.32 Å². The highest BCUT2D eigenvalue weighted by atomic mass is 16.2. The lowest BCUT2D eigenvalue weighted by molar-refractivity contribution is -0.136. The van der Waals surface area contributed by atoms with Crippen molar-refractivity contribution in [1.82, 2.24) is 15.1 Å². The zero-order valence-corrected chi connectivity index (χ0v) is 13.4. The summed E-state index contributed by atoms with van der Waals surface area (Å²) in [5, 5.41) is 2.95. The lowest BCUT2D eigenvalue weighted by Gasteiger charge is -2.36. The van der Waals surface area contributed by atoms with Crippen LogP contribution in [0.25, 0.3) is 0 Å². The van der Waals surface area contributed by atoms with Crippen LogP contribution in [0.15, 0.2) is 0 Å². The van der Waals surface area contributed by atoms with E-state index in [1.54, 1.807) is 0 Å². The third kappa shape index (κ3) is 4.19. The number of nitrogens with zero attached hydrogens (tertiary/aromatic N) is 2. The molecule has 2 amide bonds. The predicted octanol–water partition coefficient (Wildman–Crippen LogP) is 1.24. The standard InChI is InChI=1S/C16H29N3O2/c1-3-8-17-15(20)13(2)18-11-6-14(7-12-18)16(21)19-9-4-5-10-19/h13-14H,3-12H2,1-2H3,(H,17,20). The molecule has 2 rings (SSSR count). The van der Waals surface area contributed by atoms with E-state index in [2.05, 4.69) is 17.1 Å². The summed E-state index contributed by atoms with van der Waals surface area (Å²) in [6.45, 7) is 8.35. The first-order chi connectivity index (χ1) is 10.1. The number of nitrogens with one attached hydrogen (secondary N) is 1. The number of likely N-dealkylation sites (tertiary alicyclic amines) is 2. The van der Waals surface area contributed by atoms with Gasteiger partial charge in [0.1, 0.15) is 0 Å². The fourth-order valence-electron chi connectivity index (χ4n) is 3.29. The van der Waals surface area contributed by atoms with Crippen molar-refractivity contribution in [3.05, 3.63) is 0 Å². The van der Waals surface area contributed by atoms with Crippen LogP contribution in [-0.4, -0.2) is 60.4 Å². The molecule has 0 aromatic rings. The molecule has 2 fully saturated rings. The number of rotatable bonds is 5. The minimum atomic E-state index is -0.0839. The number of piperidine rings is 1. The lowest BCUT2D eigenvalue weighted by atomic mass is 9.94. The minimum Gasteiger partial charge on any atom is -0.355 e. The first-order valence-corrected chi connectivity index (χ1v) is 8.44. The van der Waals surface area contributed by atoms with E-state index in [9.17, 15) is 9.59 Å². The Hall–Kier alpha value is -1.10. The predicted molar refractivity (Wildman–Crippen MR) is 82.9 cm³/mol. The van der Waals surface area contributed by atoms with Crippen molar-refractivity contribution in [2.45, 2.75) is 52.0 Å². The second kappa shape index (κ2) is 7.78. The van der Waals surface area contributed by atoms with Gasteiger partial charge < -0.3 is 10.2 Å². The molecule has 21 heavy (non-hydrogen) atoms. The second-order valence-corrected chi connectivity index (χ2v) is 6.31. The van der Waals surface area contributed by atoms with Crippen LogP contribution in [0.3, 0.4) is 0 Å². The molecule has 5 heteroatoms. The Morgan fingerprint density at radius 1 is 1.14 bits per heavy atom. The first kappa shape index (κ1) is 16.3. The van der Waals surface area contributed by atoms with Gasteiger partial charge in [0, 0.05) is 25.6 Å².